The number of ether oxygens (including phenoxy) is 1. The number of rotatable bonds is 8. The van der Waals surface area contributed by atoms with Crippen molar-refractivity contribution in [3.8, 4) is 0 Å². The van der Waals surface area contributed by atoms with E-state index in [0.29, 0.717) is 18.7 Å². The molecule has 0 spiro atoms. The topological polar surface area (TPSA) is 78.9 Å². The van der Waals surface area contributed by atoms with Crippen LogP contribution in [0.4, 0.5) is 0 Å². The molecule has 0 aromatic heterocycles. The van der Waals surface area contributed by atoms with Gasteiger partial charge in [-0.3, -0.25) is 9.69 Å². The molecule has 0 radical (unpaired) electrons. The first kappa shape index (κ1) is 23.4. The summed E-state index contributed by atoms with van der Waals surface area (Å²) in [6.07, 6.45) is 0.883. The SMILES string of the molecule is COCCNS(=O)(=O)c1ccc(C)c(C(=O)N2CCCN(Cc3ccccc3)CC2)c1. The summed E-state index contributed by atoms with van der Waals surface area (Å²) in [7, 11) is -2.18. The molecule has 0 saturated carbocycles. The minimum atomic E-state index is -3.70. The highest BCUT2D eigenvalue weighted by Gasteiger charge is 2.23. The highest BCUT2D eigenvalue weighted by molar-refractivity contribution is 7.89. The van der Waals surface area contributed by atoms with Gasteiger partial charge in [0.1, 0.15) is 0 Å². The summed E-state index contributed by atoms with van der Waals surface area (Å²) in [5, 5.41) is 0. The summed E-state index contributed by atoms with van der Waals surface area (Å²) in [4.78, 5) is 17.5. The van der Waals surface area contributed by atoms with Gasteiger partial charge in [-0.05, 0) is 36.6 Å². The number of nitrogens with one attached hydrogen (secondary N) is 1. The van der Waals surface area contributed by atoms with Crippen molar-refractivity contribution < 1.29 is 17.9 Å². The fraction of sp³-hybridized carbons (Fsp3) is 0.435. The quantitative estimate of drug-likeness (QED) is 0.631. The Hall–Kier alpha value is -2.26. The second-order valence-corrected chi connectivity index (χ2v) is 9.54. The van der Waals surface area contributed by atoms with Gasteiger partial charge >= 0.3 is 0 Å². The Morgan fingerprint density at radius 1 is 1.06 bits per heavy atom. The van der Waals surface area contributed by atoms with E-state index in [-0.39, 0.29) is 24.0 Å². The molecule has 1 aliphatic rings. The van der Waals surface area contributed by atoms with Crippen LogP contribution in [-0.4, -0.2) is 70.6 Å². The van der Waals surface area contributed by atoms with Gasteiger partial charge < -0.3 is 9.64 Å². The molecule has 1 heterocycles. The number of carbonyl (C=O) groups is 1. The number of nitrogens with zero attached hydrogens (tertiary/aromatic N) is 2. The molecule has 3 rings (SSSR count). The number of sulfonamides is 1. The van der Waals surface area contributed by atoms with Gasteiger partial charge in [-0.1, -0.05) is 36.4 Å². The van der Waals surface area contributed by atoms with E-state index in [4.69, 9.17) is 4.74 Å². The Morgan fingerprint density at radius 3 is 2.58 bits per heavy atom. The Kier molecular flexibility index (Phi) is 8.20. The van der Waals surface area contributed by atoms with Crippen LogP contribution in [0.5, 0.6) is 0 Å². The molecule has 0 bridgehead atoms. The van der Waals surface area contributed by atoms with E-state index in [9.17, 15) is 13.2 Å². The molecule has 2 aromatic rings. The van der Waals surface area contributed by atoms with Crippen molar-refractivity contribution in [3.05, 3.63) is 65.2 Å². The van der Waals surface area contributed by atoms with Crippen LogP contribution in [0.25, 0.3) is 0 Å². The van der Waals surface area contributed by atoms with E-state index in [0.717, 1.165) is 31.6 Å². The van der Waals surface area contributed by atoms with Crippen molar-refractivity contribution in [3.63, 3.8) is 0 Å². The molecular weight excluding hydrogens is 414 g/mol. The Bertz CT molecular complexity index is 980. The zero-order valence-electron chi connectivity index (χ0n) is 18.2. The molecule has 1 aliphatic heterocycles. The number of carbonyl (C=O) groups excluding carboxylic acids is 1. The average molecular weight is 446 g/mol. The minimum absolute atomic E-state index is 0.0954. The van der Waals surface area contributed by atoms with E-state index < -0.39 is 10.0 Å². The van der Waals surface area contributed by atoms with Crippen LogP contribution in [0.1, 0.15) is 27.9 Å². The first-order valence-corrected chi connectivity index (χ1v) is 12.0. The maximum absolute atomic E-state index is 13.3. The fourth-order valence-corrected chi connectivity index (χ4v) is 4.74. The summed E-state index contributed by atoms with van der Waals surface area (Å²) in [5.74, 6) is -0.118. The molecule has 7 nitrogen and oxygen atoms in total. The third-order valence-corrected chi connectivity index (χ3v) is 6.93. The van der Waals surface area contributed by atoms with Crippen molar-refractivity contribution in [1.82, 2.24) is 14.5 Å². The van der Waals surface area contributed by atoms with E-state index >= 15 is 0 Å². The lowest BCUT2D eigenvalue weighted by Crippen LogP contribution is -2.35. The maximum Gasteiger partial charge on any atom is 0.254 e. The number of hydrogen-bond acceptors (Lipinski definition) is 5. The van der Waals surface area contributed by atoms with E-state index in [2.05, 4.69) is 21.8 Å². The zero-order valence-corrected chi connectivity index (χ0v) is 19.0. The maximum atomic E-state index is 13.3. The Labute approximate surface area is 185 Å². The molecule has 1 amide bonds. The molecule has 1 saturated heterocycles. The van der Waals surface area contributed by atoms with Crippen molar-refractivity contribution in [2.24, 2.45) is 0 Å². The largest absolute Gasteiger partial charge is 0.383 e. The molecule has 31 heavy (non-hydrogen) atoms. The van der Waals surface area contributed by atoms with Gasteiger partial charge in [0.15, 0.2) is 0 Å². The standard InChI is InChI=1S/C23H31N3O4S/c1-19-9-10-21(31(28,29)24-11-16-30-2)17-22(19)23(27)26-13-6-12-25(14-15-26)18-20-7-4-3-5-8-20/h3-5,7-10,17,24H,6,11-16,18H2,1-2H3. The van der Waals surface area contributed by atoms with Crippen LogP contribution >= 0.6 is 0 Å². The molecule has 1 fully saturated rings. The summed E-state index contributed by atoms with van der Waals surface area (Å²) in [6, 6.07) is 15.0. The lowest BCUT2D eigenvalue weighted by Gasteiger charge is -2.23. The molecule has 0 atom stereocenters. The lowest BCUT2D eigenvalue weighted by atomic mass is 10.1. The van der Waals surface area contributed by atoms with E-state index in [1.807, 2.05) is 30.0 Å². The predicted molar refractivity (Wildman–Crippen MR) is 120 cm³/mol. The summed E-state index contributed by atoms with van der Waals surface area (Å²) < 4.78 is 32.5. The molecule has 168 valence electrons. The fourth-order valence-electron chi connectivity index (χ4n) is 3.70. The highest BCUT2D eigenvalue weighted by atomic mass is 32.2. The second-order valence-electron chi connectivity index (χ2n) is 7.77. The van der Waals surface area contributed by atoms with Gasteiger partial charge in [-0.2, -0.15) is 0 Å². The van der Waals surface area contributed by atoms with Crippen molar-refractivity contribution in [2.75, 3.05) is 46.4 Å². The van der Waals surface area contributed by atoms with Gasteiger partial charge in [-0.25, -0.2) is 13.1 Å². The Balaban J connectivity index is 1.69. The molecular formula is C23H31N3O4S. The smallest absolute Gasteiger partial charge is 0.254 e. The number of amides is 1. The first-order chi connectivity index (χ1) is 14.9. The highest BCUT2D eigenvalue weighted by Crippen LogP contribution is 2.19. The number of benzene rings is 2. The summed E-state index contributed by atoms with van der Waals surface area (Å²) >= 11 is 0. The van der Waals surface area contributed by atoms with Crippen molar-refractivity contribution >= 4 is 15.9 Å². The van der Waals surface area contributed by atoms with Crippen molar-refractivity contribution in [1.29, 1.82) is 0 Å². The first-order valence-electron chi connectivity index (χ1n) is 10.6. The van der Waals surface area contributed by atoms with E-state index in [1.54, 1.807) is 6.07 Å². The van der Waals surface area contributed by atoms with Crippen LogP contribution < -0.4 is 4.72 Å². The molecule has 8 heteroatoms. The Morgan fingerprint density at radius 2 is 1.84 bits per heavy atom. The van der Waals surface area contributed by atoms with Crippen LogP contribution in [0.3, 0.4) is 0 Å². The van der Waals surface area contributed by atoms with Crippen LogP contribution in [0.2, 0.25) is 0 Å². The number of methoxy groups -OCH3 is 1. The number of hydrogen-bond donors (Lipinski definition) is 1. The van der Waals surface area contributed by atoms with Crippen LogP contribution in [0, 0.1) is 6.92 Å². The molecule has 2 aromatic carbocycles. The van der Waals surface area contributed by atoms with Crippen LogP contribution in [0.15, 0.2) is 53.4 Å². The molecule has 0 unspecified atom stereocenters. The molecule has 0 aliphatic carbocycles. The molecule has 1 N–H and O–H groups in total. The lowest BCUT2D eigenvalue weighted by molar-refractivity contribution is 0.0760. The van der Waals surface area contributed by atoms with Gasteiger partial charge in [0.2, 0.25) is 10.0 Å². The number of aryl methyl sites for hydroxylation is 1. The summed E-state index contributed by atoms with van der Waals surface area (Å²) in [6.45, 7) is 6.15. The normalized spacial score (nSPS) is 15.6. The monoisotopic (exact) mass is 445 g/mol. The third kappa shape index (κ3) is 6.36. The zero-order chi connectivity index (χ0) is 22.3. The second kappa shape index (κ2) is 10.9. The van der Waals surface area contributed by atoms with Gasteiger partial charge in [0.25, 0.3) is 5.91 Å². The third-order valence-electron chi connectivity index (χ3n) is 5.47. The predicted octanol–water partition coefficient (Wildman–Crippen LogP) is 2.27. The minimum Gasteiger partial charge on any atom is -0.383 e. The van der Waals surface area contributed by atoms with Crippen LogP contribution in [-0.2, 0) is 21.3 Å². The summed E-state index contributed by atoms with van der Waals surface area (Å²) in [5.41, 5.74) is 2.47. The van der Waals surface area contributed by atoms with E-state index in [1.165, 1.54) is 24.8 Å². The van der Waals surface area contributed by atoms with Crippen molar-refractivity contribution in [2.45, 2.75) is 24.8 Å². The van der Waals surface area contributed by atoms with Gasteiger partial charge in [0.05, 0.1) is 11.5 Å². The van der Waals surface area contributed by atoms with Gasteiger partial charge in [-0.15, -0.1) is 0 Å². The average Bonchev–Trinajstić information content (AvgIpc) is 3.00. The van der Waals surface area contributed by atoms with Gasteiger partial charge in [0, 0.05) is 51.9 Å².